The summed E-state index contributed by atoms with van der Waals surface area (Å²) in [6.07, 6.45) is 0. The van der Waals surface area contributed by atoms with E-state index in [0.29, 0.717) is 23.7 Å². The van der Waals surface area contributed by atoms with Gasteiger partial charge in [-0.15, -0.1) is 0 Å². The number of fused-ring (bicyclic) bond motifs is 1. The zero-order valence-corrected chi connectivity index (χ0v) is 18.3. The molecule has 2 aromatic carbocycles. The topological polar surface area (TPSA) is 36.4 Å². The summed E-state index contributed by atoms with van der Waals surface area (Å²) in [5, 5.41) is 1.52. The summed E-state index contributed by atoms with van der Waals surface area (Å²) in [4.78, 5) is 21.8. The van der Waals surface area contributed by atoms with Gasteiger partial charge >= 0.3 is 0 Å². The molecule has 140 valence electrons. The molecule has 0 bridgehead atoms. The number of piperazine rings is 1. The highest BCUT2D eigenvalue weighted by Gasteiger charge is 2.25. The van der Waals surface area contributed by atoms with Crippen LogP contribution in [0.15, 0.2) is 34.8 Å². The quantitative estimate of drug-likeness (QED) is 0.517. The lowest BCUT2D eigenvalue weighted by atomic mass is 10.1. The number of carbonyl (C=O) groups excluding carboxylic acids is 1. The maximum atomic E-state index is 12.8. The first-order chi connectivity index (χ1) is 12.9. The molecule has 3 aromatic rings. The molecule has 1 saturated heterocycles. The zero-order valence-electron chi connectivity index (χ0n) is 15.1. The maximum Gasteiger partial charge on any atom is 0.255 e. The van der Waals surface area contributed by atoms with Gasteiger partial charge in [0.05, 0.1) is 20.8 Å². The molecule has 1 aliphatic heterocycles. The van der Waals surface area contributed by atoms with Crippen LogP contribution >= 0.6 is 38.9 Å². The highest BCUT2D eigenvalue weighted by molar-refractivity contribution is 9.10. The molecule has 27 heavy (non-hydrogen) atoms. The van der Waals surface area contributed by atoms with Gasteiger partial charge in [0.15, 0.2) is 5.13 Å². The Labute approximate surface area is 175 Å². The summed E-state index contributed by atoms with van der Waals surface area (Å²) in [5.41, 5.74) is 4.11. The Morgan fingerprint density at radius 3 is 2.63 bits per heavy atom. The summed E-state index contributed by atoms with van der Waals surface area (Å²) >= 11 is 11.4. The molecule has 0 atom stereocenters. The number of nitrogens with zero attached hydrogens (tertiary/aromatic N) is 3. The van der Waals surface area contributed by atoms with E-state index in [1.807, 2.05) is 11.0 Å². The number of hydrogen-bond acceptors (Lipinski definition) is 4. The Hall–Kier alpha value is -1.63. The standard InChI is InChI=1S/C20H19BrClN3OS/c1-12-9-13(2)18-17(10-12)23-20(27-18)25-7-5-24(6-8-25)19(26)15-11-14(21)3-4-16(15)22/h3-4,9-11H,5-8H2,1-2H3. The van der Waals surface area contributed by atoms with Crippen LogP contribution in [-0.2, 0) is 0 Å². The second kappa shape index (κ2) is 7.41. The number of benzene rings is 2. The van der Waals surface area contributed by atoms with Gasteiger partial charge in [-0.05, 0) is 49.2 Å². The molecule has 0 N–H and O–H groups in total. The van der Waals surface area contributed by atoms with Crippen molar-refractivity contribution in [1.29, 1.82) is 0 Å². The van der Waals surface area contributed by atoms with Crippen molar-refractivity contribution in [3.8, 4) is 0 Å². The van der Waals surface area contributed by atoms with E-state index >= 15 is 0 Å². The van der Waals surface area contributed by atoms with Gasteiger partial charge in [-0.25, -0.2) is 4.98 Å². The van der Waals surface area contributed by atoms with E-state index in [4.69, 9.17) is 16.6 Å². The fraction of sp³-hybridized carbons (Fsp3) is 0.300. The van der Waals surface area contributed by atoms with Gasteiger partial charge in [0.1, 0.15) is 0 Å². The van der Waals surface area contributed by atoms with Crippen molar-refractivity contribution in [2.75, 3.05) is 31.1 Å². The molecule has 0 aliphatic carbocycles. The third-order valence-electron chi connectivity index (χ3n) is 4.81. The molecule has 0 spiro atoms. The lowest BCUT2D eigenvalue weighted by molar-refractivity contribution is 0.0747. The minimum absolute atomic E-state index is 0.0169. The molecule has 7 heteroatoms. The lowest BCUT2D eigenvalue weighted by Crippen LogP contribution is -2.48. The third-order valence-corrected chi connectivity index (χ3v) is 6.90. The van der Waals surface area contributed by atoms with E-state index in [0.717, 1.165) is 28.2 Å². The third kappa shape index (κ3) is 3.71. The SMILES string of the molecule is Cc1cc(C)c2sc(N3CCN(C(=O)c4cc(Br)ccc4Cl)CC3)nc2c1. The van der Waals surface area contributed by atoms with Crippen LogP contribution in [0.1, 0.15) is 21.5 Å². The predicted octanol–water partition coefficient (Wildman–Crippen LogP) is 5.29. The van der Waals surface area contributed by atoms with Crippen molar-refractivity contribution >= 4 is 60.1 Å². The summed E-state index contributed by atoms with van der Waals surface area (Å²) in [6, 6.07) is 9.71. The molecule has 4 nitrogen and oxygen atoms in total. The summed E-state index contributed by atoms with van der Waals surface area (Å²) in [5.74, 6) is -0.0169. The largest absolute Gasteiger partial charge is 0.345 e. The molecule has 1 aromatic heterocycles. The number of aryl methyl sites for hydroxylation is 2. The molecular formula is C20H19BrClN3OS. The maximum absolute atomic E-state index is 12.8. The van der Waals surface area contributed by atoms with Crippen LogP contribution in [0.3, 0.4) is 0 Å². The number of rotatable bonds is 2. The second-order valence-electron chi connectivity index (χ2n) is 6.83. The highest BCUT2D eigenvalue weighted by Crippen LogP contribution is 2.32. The average Bonchev–Trinajstić information content (AvgIpc) is 3.07. The van der Waals surface area contributed by atoms with Gasteiger partial charge in [-0.1, -0.05) is 44.9 Å². The van der Waals surface area contributed by atoms with E-state index in [2.05, 4.69) is 46.8 Å². The van der Waals surface area contributed by atoms with Crippen LogP contribution in [0.2, 0.25) is 5.02 Å². The fourth-order valence-corrected chi connectivity index (χ4v) is 5.06. The lowest BCUT2D eigenvalue weighted by Gasteiger charge is -2.34. The molecule has 0 radical (unpaired) electrons. The molecular weight excluding hydrogens is 446 g/mol. The number of anilines is 1. The van der Waals surface area contributed by atoms with Crippen LogP contribution in [0, 0.1) is 13.8 Å². The van der Waals surface area contributed by atoms with E-state index in [9.17, 15) is 4.79 Å². The fourth-order valence-electron chi connectivity index (χ4n) is 3.43. The average molecular weight is 465 g/mol. The van der Waals surface area contributed by atoms with Crippen LogP contribution in [0.25, 0.3) is 10.2 Å². The Kier molecular flexibility index (Phi) is 5.14. The predicted molar refractivity (Wildman–Crippen MR) is 116 cm³/mol. The number of aromatic nitrogens is 1. The first-order valence-corrected chi connectivity index (χ1v) is 10.8. The number of carbonyl (C=O) groups is 1. The van der Waals surface area contributed by atoms with Gasteiger partial charge in [0.25, 0.3) is 5.91 Å². The highest BCUT2D eigenvalue weighted by atomic mass is 79.9. The van der Waals surface area contributed by atoms with Crippen molar-refractivity contribution in [3.63, 3.8) is 0 Å². The number of amides is 1. The van der Waals surface area contributed by atoms with Crippen molar-refractivity contribution < 1.29 is 4.79 Å². The van der Waals surface area contributed by atoms with Gasteiger partial charge in [0, 0.05) is 30.7 Å². The Balaban J connectivity index is 1.50. The van der Waals surface area contributed by atoms with Crippen molar-refractivity contribution in [3.05, 3.63) is 56.5 Å². The van der Waals surface area contributed by atoms with Crippen molar-refractivity contribution in [2.24, 2.45) is 0 Å². The number of halogens is 2. The van der Waals surface area contributed by atoms with Crippen LogP contribution in [-0.4, -0.2) is 42.0 Å². The van der Waals surface area contributed by atoms with E-state index in [1.165, 1.54) is 15.8 Å². The molecule has 0 unspecified atom stereocenters. The Morgan fingerprint density at radius 1 is 1.15 bits per heavy atom. The second-order valence-corrected chi connectivity index (χ2v) is 9.13. The molecule has 2 heterocycles. The zero-order chi connectivity index (χ0) is 19.1. The smallest absolute Gasteiger partial charge is 0.255 e. The van der Waals surface area contributed by atoms with Crippen LogP contribution < -0.4 is 4.90 Å². The summed E-state index contributed by atoms with van der Waals surface area (Å²) in [6.45, 7) is 7.11. The minimum atomic E-state index is -0.0169. The van der Waals surface area contributed by atoms with E-state index in [-0.39, 0.29) is 5.91 Å². The minimum Gasteiger partial charge on any atom is -0.345 e. The number of hydrogen-bond donors (Lipinski definition) is 0. The normalized spacial score (nSPS) is 14.8. The Bertz CT molecular complexity index is 1030. The first kappa shape index (κ1) is 18.7. The van der Waals surface area contributed by atoms with E-state index in [1.54, 1.807) is 23.5 Å². The van der Waals surface area contributed by atoms with Crippen LogP contribution in [0.4, 0.5) is 5.13 Å². The van der Waals surface area contributed by atoms with Crippen molar-refractivity contribution in [1.82, 2.24) is 9.88 Å². The van der Waals surface area contributed by atoms with Gasteiger partial charge in [-0.3, -0.25) is 4.79 Å². The van der Waals surface area contributed by atoms with Crippen molar-refractivity contribution in [2.45, 2.75) is 13.8 Å². The molecule has 1 amide bonds. The Morgan fingerprint density at radius 2 is 1.89 bits per heavy atom. The summed E-state index contributed by atoms with van der Waals surface area (Å²) < 4.78 is 2.10. The van der Waals surface area contributed by atoms with E-state index < -0.39 is 0 Å². The molecule has 1 aliphatic rings. The first-order valence-electron chi connectivity index (χ1n) is 8.79. The monoisotopic (exact) mass is 463 g/mol. The van der Waals surface area contributed by atoms with Gasteiger partial charge in [-0.2, -0.15) is 0 Å². The molecule has 0 saturated carbocycles. The molecule has 4 rings (SSSR count). The van der Waals surface area contributed by atoms with Crippen LogP contribution in [0.5, 0.6) is 0 Å². The van der Waals surface area contributed by atoms with Gasteiger partial charge in [0.2, 0.25) is 0 Å². The molecule has 1 fully saturated rings. The van der Waals surface area contributed by atoms with Gasteiger partial charge < -0.3 is 9.80 Å². The summed E-state index contributed by atoms with van der Waals surface area (Å²) in [7, 11) is 0. The number of thiazole rings is 1.